The van der Waals surface area contributed by atoms with Gasteiger partial charge in [-0.15, -0.1) is 0 Å². The molecule has 1 saturated heterocycles. The highest BCUT2D eigenvalue weighted by atomic mass is 16.1. The van der Waals surface area contributed by atoms with Crippen LogP contribution in [0.3, 0.4) is 0 Å². The third-order valence-corrected chi connectivity index (χ3v) is 2.85. The lowest BCUT2D eigenvalue weighted by atomic mass is 9.89. The number of piperidine rings is 1. The Balaban J connectivity index is 2.29. The van der Waals surface area contributed by atoms with E-state index in [9.17, 15) is 4.79 Å². The van der Waals surface area contributed by atoms with Crippen molar-refractivity contribution in [3.63, 3.8) is 0 Å². The van der Waals surface area contributed by atoms with Gasteiger partial charge in [-0.25, -0.2) is 0 Å². The highest BCUT2D eigenvalue weighted by Gasteiger charge is 2.20. The molecule has 2 heterocycles. The van der Waals surface area contributed by atoms with Crippen LogP contribution in [0.4, 0.5) is 0 Å². The van der Waals surface area contributed by atoms with Gasteiger partial charge >= 0.3 is 0 Å². The van der Waals surface area contributed by atoms with E-state index in [0.717, 1.165) is 31.5 Å². The zero-order chi connectivity index (χ0) is 10.7. The van der Waals surface area contributed by atoms with Gasteiger partial charge < -0.3 is 11.1 Å². The molecule has 1 fully saturated rings. The summed E-state index contributed by atoms with van der Waals surface area (Å²) < 4.78 is 0. The van der Waals surface area contributed by atoms with Crippen LogP contribution < -0.4 is 11.1 Å². The van der Waals surface area contributed by atoms with Gasteiger partial charge in [0.25, 0.3) is 5.91 Å². The lowest BCUT2D eigenvalue weighted by Crippen LogP contribution is -2.28. The van der Waals surface area contributed by atoms with Crippen LogP contribution in [-0.2, 0) is 0 Å². The number of amides is 1. The van der Waals surface area contributed by atoms with E-state index in [-0.39, 0.29) is 0 Å². The fraction of sp³-hybridized carbons (Fsp3) is 0.455. The number of nitrogens with two attached hydrogens (primary N) is 1. The topological polar surface area (TPSA) is 68.0 Å². The highest BCUT2D eigenvalue weighted by Crippen LogP contribution is 2.26. The maximum Gasteiger partial charge on any atom is 0.267 e. The van der Waals surface area contributed by atoms with E-state index in [1.165, 1.54) is 0 Å². The molecule has 0 aromatic carbocycles. The van der Waals surface area contributed by atoms with Crippen molar-refractivity contribution in [2.75, 3.05) is 13.1 Å². The Bertz CT molecular complexity index is 359. The molecule has 3 N–H and O–H groups in total. The van der Waals surface area contributed by atoms with E-state index < -0.39 is 5.91 Å². The SMILES string of the molecule is NC(=O)c1ncccc1C1CCNCC1. The second-order valence-corrected chi connectivity index (χ2v) is 3.83. The molecule has 0 saturated carbocycles. The maximum absolute atomic E-state index is 11.2. The molecule has 80 valence electrons. The Morgan fingerprint density at radius 1 is 1.47 bits per heavy atom. The Morgan fingerprint density at radius 2 is 2.20 bits per heavy atom. The van der Waals surface area contributed by atoms with Gasteiger partial charge in [-0.05, 0) is 43.5 Å². The van der Waals surface area contributed by atoms with E-state index in [1.54, 1.807) is 6.20 Å². The van der Waals surface area contributed by atoms with E-state index in [2.05, 4.69) is 10.3 Å². The van der Waals surface area contributed by atoms with Crippen molar-refractivity contribution in [2.24, 2.45) is 5.73 Å². The number of aromatic nitrogens is 1. The number of carbonyl (C=O) groups is 1. The molecule has 0 aliphatic carbocycles. The van der Waals surface area contributed by atoms with Crippen LogP contribution in [0.2, 0.25) is 0 Å². The second-order valence-electron chi connectivity index (χ2n) is 3.83. The summed E-state index contributed by atoms with van der Waals surface area (Å²) in [4.78, 5) is 15.3. The van der Waals surface area contributed by atoms with Gasteiger partial charge in [0.2, 0.25) is 0 Å². The molecule has 1 aliphatic heterocycles. The zero-order valence-corrected chi connectivity index (χ0v) is 8.57. The van der Waals surface area contributed by atoms with E-state index in [1.807, 2.05) is 12.1 Å². The van der Waals surface area contributed by atoms with Crippen LogP contribution in [0, 0.1) is 0 Å². The van der Waals surface area contributed by atoms with Gasteiger partial charge in [0.05, 0.1) is 0 Å². The van der Waals surface area contributed by atoms with Gasteiger partial charge in [-0.1, -0.05) is 6.07 Å². The van der Waals surface area contributed by atoms with Gasteiger partial charge in [0.1, 0.15) is 5.69 Å². The van der Waals surface area contributed by atoms with Gasteiger partial charge in [-0.3, -0.25) is 9.78 Å². The minimum Gasteiger partial charge on any atom is -0.364 e. The predicted octanol–water partition coefficient (Wildman–Crippen LogP) is 0.647. The largest absolute Gasteiger partial charge is 0.364 e. The molecule has 0 spiro atoms. The van der Waals surface area contributed by atoms with Crippen molar-refractivity contribution in [1.29, 1.82) is 0 Å². The monoisotopic (exact) mass is 205 g/mol. The van der Waals surface area contributed by atoms with Crippen molar-refractivity contribution in [1.82, 2.24) is 10.3 Å². The summed E-state index contributed by atoms with van der Waals surface area (Å²) in [7, 11) is 0. The smallest absolute Gasteiger partial charge is 0.267 e. The number of hydrogen-bond donors (Lipinski definition) is 2. The average Bonchev–Trinajstić information content (AvgIpc) is 2.30. The van der Waals surface area contributed by atoms with Crippen LogP contribution in [0.1, 0.15) is 34.8 Å². The first kappa shape index (κ1) is 10.1. The third kappa shape index (κ3) is 2.15. The molecular weight excluding hydrogens is 190 g/mol. The Kier molecular flexibility index (Phi) is 2.97. The van der Waals surface area contributed by atoms with Crippen molar-refractivity contribution < 1.29 is 4.79 Å². The van der Waals surface area contributed by atoms with Crippen LogP contribution in [0.5, 0.6) is 0 Å². The van der Waals surface area contributed by atoms with Crippen LogP contribution in [0.25, 0.3) is 0 Å². The Hall–Kier alpha value is -1.42. The summed E-state index contributed by atoms with van der Waals surface area (Å²) in [5.74, 6) is -0.00779. The fourth-order valence-corrected chi connectivity index (χ4v) is 2.09. The number of nitrogens with zero attached hydrogens (tertiary/aromatic N) is 1. The number of carbonyl (C=O) groups excluding carboxylic acids is 1. The number of primary amides is 1. The van der Waals surface area contributed by atoms with Crippen molar-refractivity contribution in [3.05, 3.63) is 29.6 Å². The molecular formula is C11H15N3O. The molecule has 1 aliphatic rings. The maximum atomic E-state index is 11.2. The quantitative estimate of drug-likeness (QED) is 0.744. The molecule has 0 radical (unpaired) electrons. The van der Waals surface area contributed by atoms with Crippen LogP contribution in [-0.4, -0.2) is 24.0 Å². The highest BCUT2D eigenvalue weighted by molar-refractivity contribution is 5.92. The summed E-state index contributed by atoms with van der Waals surface area (Å²) in [6.45, 7) is 2.00. The zero-order valence-electron chi connectivity index (χ0n) is 8.57. The number of nitrogens with one attached hydrogen (secondary N) is 1. The van der Waals surface area contributed by atoms with Crippen LogP contribution >= 0.6 is 0 Å². The average molecular weight is 205 g/mol. The van der Waals surface area contributed by atoms with Gasteiger partial charge in [-0.2, -0.15) is 0 Å². The first-order chi connectivity index (χ1) is 7.29. The number of pyridine rings is 1. The minimum absolute atomic E-state index is 0.419. The number of hydrogen-bond acceptors (Lipinski definition) is 3. The Labute approximate surface area is 88.9 Å². The molecule has 1 aromatic rings. The van der Waals surface area contributed by atoms with Crippen molar-refractivity contribution >= 4 is 5.91 Å². The molecule has 0 unspecified atom stereocenters. The molecule has 1 amide bonds. The van der Waals surface area contributed by atoms with E-state index in [4.69, 9.17) is 5.73 Å². The molecule has 0 atom stereocenters. The van der Waals surface area contributed by atoms with Crippen LogP contribution in [0.15, 0.2) is 18.3 Å². The summed E-state index contributed by atoms with van der Waals surface area (Å²) >= 11 is 0. The summed E-state index contributed by atoms with van der Waals surface area (Å²) in [5, 5.41) is 3.30. The third-order valence-electron chi connectivity index (χ3n) is 2.85. The van der Waals surface area contributed by atoms with Crippen molar-refractivity contribution in [2.45, 2.75) is 18.8 Å². The second kappa shape index (κ2) is 4.40. The van der Waals surface area contributed by atoms with E-state index in [0.29, 0.717) is 11.6 Å². The molecule has 4 heteroatoms. The molecule has 0 bridgehead atoms. The molecule has 2 rings (SSSR count). The number of rotatable bonds is 2. The van der Waals surface area contributed by atoms with E-state index >= 15 is 0 Å². The minimum atomic E-state index is -0.427. The predicted molar refractivity (Wildman–Crippen MR) is 57.6 cm³/mol. The van der Waals surface area contributed by atoms with Gasteiger partial charge in [0.15, 0.2) is 0 Å². The lowest BCUT2D eigenvalue weighted by molar-refractivity contribution is 0.0994. The normalized spacial score (nSPS) is 17.6. The molecule has 15 heavy (non-hydrogen) atoms. The summed E-state index contributed by atoms with van der Waals surface area (Å²) in [6, 6.07) is 3.83. The summed E-state index contributed by atoms with van der Waals surface area (Å²) in [6.07, 6.45) is 3.71. The summed E-state index contributed by atoms with van der Waals surface area (Å²) in [5.41, 5.74) is 6.74. The molecule has 1 aromatic heterocycles. The first-order valence-electron chi connectivity index (χ1n) is 5.24. The van der Waals surface area contributed by atoms with Crippen molar-refractivity contribution in [3.8, 4) is 0 Å². The standard InChI is InChI=1S/C11H15N3O/c12-11(15)10-9(2-1-5-14-10)8-3-6-13-7-4-8/h1-2,5,8,13H,3-4,6-7H2,(H2,12,15). The fourth-order valence-electron chi connectivity index (χ4n) is 2.09. The lowest BCUT2D eigenvalue weighted by Gasteiger charge is -2.23. The first-order valence-corrected chi connectivity index (χ1v) is 5.24. The Morgan fingerprint density at radius 3 is 2.87 bits per heavy atom. The van der Waals surface area contributed by atoms with Gasteiger partial charge in [0, 0.05) is 6.20 Å². The molecule has 4 nitrogen and oxygen atoms in total.